The van der Waals surface area contributed by atoms with E-state index in [9.17, 15) is 0 Å². The van der Waals surface area contributed by atoms with E-state index in [1.165, 1.54) is 6.33 Å². The molecule has 0 fully saturated rings. The molecule has 1 aromatic heterocycles. The summed E-state index contributed by atoms with van der Waals surface area (Å²) >= 11 is 5.58. The first-order chi connectivity index (χ1) is 4.70. The van der Waals surface area contributed by atoms with Crippen molar-refractivity contribution in [2.24, 2.45) is 5.73 Å². The van der Waals surface area contributed by atoms with Gasteiger partial charge in [0, 0.05) is 6.04 Å². The standard InChI is InChI=1S/C6H8ClN3/c1-4(8)5-2-6(7)10-3-9-5/h2-4H,8H2,1H3. The van der Waals surface area contributed by atoms with Crippen LogP contribution in [0.1, 0.15) is 18.7 Å². The molecule has 0 aliphatic heterocycles. The van der Waals surface area contributed by atoms with Gasteiger partial charge in [0.1, 0.15) is 11.5 Å². The van der Waals surface area contributed by atoms with Crippen LogP contribution in [0, 0.1) is 0 Å². The van der Waals surface area contributed by atoms with Crippen molar-refractivity contribution in [3.63, 3.8) is 0 Å². The summed E-state index contributed by atoms with van der Waals surface area (Å²) in [5, 5.41) is 0.433. The fourth-order valence-corrected chi connectivity index (χ4v) is 0.752. The lowest BCUT2D eigenvalue weighted by atomic mass is 10.2. The predicted molar refractivity (Wildman–Crippen MR) is 39.6 cm³/mol. The van der Waals surface area contributed by atoms with Gasteiger partial charge >= 0.3 is 0 Å². The molecule has 1 heterocycles. The van der Waals surface area contributed by atoms with E-state index in [0.717, 1.165) is 5.69 Å². The van der Waals surface area contributed by atoms with Crippen molar-refractivity contribution in [3.8, 4) is 0 Å². The lowest BCUT2D eigenvalue weighted by molar-refractivity contribution is 0.774. The molecule has 1 rings (SSSR count). The Morgan fingerprint density at radius 1 is 1.60 bits per heavy atom. The summed E-state index contributed by atoms with van der Waals surface area (Å²) in [4.78, 5) is 7.64. The predicted octanol–water partition coefficient (Wildman–Crippen LogP) is 1.15. The second kappa shape index (κ2) is 2.94. The fraction of sp³-hybridized carbons (Fsp3) is 0.333. The molecule has 0 aliphatic rings. The van der Waals surface area contributed by atoms with Crippen LogP contribution < -0.4 is 5.73 Å². The summed E-state index contributed by atoms with van der Waals surface area (Å²) in [7, 11) is 0. The largest absolute Gasteiger partial charge is 0.323 e. The first-order valence-corrected chi connectivity index (χ1v) is 3.31. The first-order valence-electron chi connectivity index (χ1n) is 2.93. The topological polar surface area (TPSA) is 51.8 Å². The molecule has 2 N–H and O–H groups in total. The maximum atomic E-state index is 5.58. The Hall–Kier alpha value is -0.670. The summed E-state index contributed by atoms with van der Waals surface area (Å²) in [5.41, 5.74) is 6.30. The van der Waals surface area contributed by atoms with Crippen molar-refractivity contribution in [1.29, 1.82) is 0 Å². The van der Waals surface area contributed by atoms with Crippen LogP contribution in [-0.4, -0.2) is 9.97 Å². The van der Waals surface area contributed by atoms with Gasteiger partial charge in [-0.05, 0) is 13.0 Å². The highest BCUT2D eigenvalue weighted by Crippen LogP contribution is 2.09. The lowest BCUT2D eigenvalue weighted by Gasteiger charge is -2.01. The molecule has 0 amide bonds. The monoisotopic (exact) mass is 157 g/mol. The molecule has 54 valence electrons. The minimum atomic E-state index is -0.0829. The second-order valence-corrected chi connectivity index (χ2v) is 2.44. The Balaban J connectivity index is 2.96. The molecule has 0 radical (unpaired) electrons. The number of nitrogens with zero attached hydrogens (tertiary/aromatic N) is 2. The van der Waals surface area contributed by atoms with Crippen molar-refractivity contribution in [2.45, 2.75) is 13.0 Å². The molecule has 0 aromatic carbocycles. The molecule has 0 aliphatic carbocycles. The quantitative estimate of drug-likeness (QED) is 0.623. The molecule has 0 bridgehead atoms. The normalized spacial score (nSPS) is 13.1. The van der Waals surface area contributed by atoms with Gasteiger partial charge in [0.2, 0.25) is 0 Å². The van der Waals surface area contributed by atoms with Crippen LogP contribution in [0.4, 0.5) is 0 Å². The number of nitrogens with two attached hydrogens (primary N) is 1. The maximum absolute atomic E-state index is 5.58. The van der Waals surface area contributed by atoms with E-state index in [0.29, 0.717) is 5.15 Å². The number of aromatic nitrogens is 2. The van der Waals surface area contributed by atoms with Crippen molar-refractivity contribution in [1.82, 2.24) is 9.97 Å². The Morgan fingerprint density at radius 3 is 2.70 bits per heavy atom. The number of hydrogen-bond acceptors (Lipinski definition) is 3. The second-order valence-electron chi connectivity index (χ2n) is 2.05. The zero-order valence-electron chi connectivity index (χ0n) is 5.58. The van der Waals surface area contributed by atoms with Gasteiger partial charge in [-0.25, -0.2) is 9.97 Å². The summed E-state index contributed by atoms with van der Waals surface area (Å²) in [6, 6.07) is 1.58. The highest BCUT2D eigenvalue weighted by molar-refractivity contribution is 6.29. The van der Waals surface area contributed by atoms with E-state index in [1.54, 1.807) is 6.07 Å². The average molecular weight is 158 g/mol. The van der Waals surface area contributed by atoms with Crippen LogP contribution in [0.2, 0.25) is 5.15 Å². The number of hydrogen-bond donors (Lipinski definition) is 1. The first kappa shape index (κ1) is 7.44. The molecular weight excluding hydrogens is 150 g/mol. The van der Waals surface area contributed by atoms with Gasteiger partial charge in [-0.2, -0.15) is 0 Å². The molecule has 1 aromatic rings. The highest BCUT2D eigenvalue weighted by atomic mass is 35.5. The van der Waals surface area contributed by atoms with E-state index >= 15 is 0 Å². The smallest absolute Gasteiger partial charge is 0.132 e. The summed E-state index contributed by atoms with van der Waals surface area (Å²) in [6.45, 7) is 1.85. The van der Waals surface area contributed by atoms with E-state index in [2.05, 4.69) is 9.97 Å². The molecule has 1 unspecified atom stereocenters. The van der Waals surface area contributed by atoms with Crippen molar-refractivity contribution in [3.05, 3.63) is 23.2 Å². The fourth-order valence-electron chi connectivity index (χ4n) is 0.596. The molecule has 0 spiro atoms. The molecule has 10 heavy (non-hydrogen) atoms. The third-order valence-corrected chi connectivity index (χ3v) is 1.33. The van der Waals surface area contributed by atoms with Crippen LogP contribution in [0.5, 0.6) is 0 Å². The van der Waals surface area contributed by atoms with E-state index < -0.39 is 0 Å². The van der Waals surface area contributed by atoms with Gasteiger partial charge in [-0.15, -0.1) is 0 Å². The van der Waals surface area contributed by atoms with Crippen LogP contribution in [0.3, 0.4) is 0 Å². The van der Waals surface area contributed by atoms with Crippen LogP contribution in [0.15, 0.2) is 12.4 Å². The van der Waals surface area contributed by atoms with Crippen molar-refractivity contribution < 1.29 is 0 Å². The van der Waals surface area contributed by atoms with Gasteiger partial charge in [-0.1, -0.05) is 11.6 Å². The lowest BCUT2D eigenvalue weighted by Crippen LogP contribution is -2.07. The van der Waals surface area contributed by atoms with Crippen LogP contribution >= 0.6 is 11.6 Å². The van der Waals surface area contributed by atoms with Crippen LogP contribution in [0.25, 0.3) is 0 Å². The number of halogens is 1. The maximum Gasteiger partial charge on any atom is 0.132 e. The van der Waals surface area contributed by atoms with Gasteiger partial charge in [-0.3, -0.25) is 0 Å². The van der Waals surface area contributed by atoms with Crippen molar-refractivity contribution in [2.75, 3.05) is 0 Å². The van der Waals surface area contributed by atoms with Gasteiger partial charge in [0.05, 0.1) is 5.69 Å². The molecule has 4 heteroatoms. The Labute approximate surface area is 64.2 Å². The van der Waals surface area contributed by atoms with E-state index in [-0.39, 0.29) is 6.04 Å². The summed E-state index contributed by atoms with van der Waals surface area (Å²) < 4.78 is 0. The highest BCUT2D eigenvalue weighted by Gasteiger charge is 2.00. The van der Waals surface area contributed by atoms with Crippen molar-refractivity contribution >= 4 is 11.6 Å². The van der Waals surface area contributed by atoms with E-state index in [1.807, 2.05) is 6.92 Å². The minimum Gasteiger partial charge on any atom is -0.323 e. The van der Waals surface area contributed by atoms with Gasteiger partial charge in [0.25, 0.3) is 0 Å². The molecule has 3 nitrogen and oxygen atoms in total. The molecule has 1 atom stereocenters. The summed E-state index contributed by atoms with van der Waals surface area (Å²) in [6.07, 6.45) is 1.40. The third kappa shape index (κ3) is 1.65. The summed E-state index contributed by atoms with van der Waals surface area (Å²) in [5.74, 6) is 0. The average Bonchev–Trinajstić information content (AvgIpc) is 1.88. The zero-order chi connectivity index (χ0) is 7.56. The number of rotatable bonds is 1. The minimum absolute atomic E-state index is 0.0829. The Kier molecular flexibility index (Phi) is 2.19. The SMILES string of the molecule is CC(N)c1cc(Cl)ncn1. The zero-order valence-corrected chi connectivity index (χ0v) is 6.34. The van der Waals surface area contributed by atoms with Gasteiger partial charge < -0.3 is 5.73 Å². The van der Waals surface area contributed by atoms with Gasteiger partial charge in [0.15, 0.2) is 0 Å². The molecule has 0 saturated carbocycles. The Bertz CT molecular complexity index is 224. The van der Waals surface area contributed by atoms with Crippen LogP contribution in [-0.2, 0) is 0 Å². The Morgan fingerprint density at radius 2 is 2.30 bits per heavy atom. The third-order valence-electron chi connectivity index (χ3n) is 1.12. The van der Waals surface area contributed by atoms with E-state index in [4.69, 9.17) is 17.3 Å². The molecular formula is C6H8ClN3. The molecule has 0 saturated heterocycles.